The molecular formula is C14H17ClN2O2. The normalized spacial score (nSPS) is 9.79. The second-order valence-corrected chi connectivity index (χ2v) is 4.00. The van der Waals surface area contributed by atoms with Crippen LogP contribution in [0.15, 0.2) is 30.3 Å². The first-order valence-electron chi connectivity index (χ1n) is 5.97. The van der Waals surface area contributed by atoms with Crippen molar-refractivity contribution in [3.05, 3.63) is 41.7 Å². The molecule has 0 aliphatic rings. The van der Waals surface area contributed by atoms with Crippen LogP contribution >= 0.6 is 12.4 Å². The van der Waals surface area contributed by atoms with E-state index in [1.165, 1.54) is 0 Å². The first kappa shape index (κ1) is 15.2. The molecule has 0 fully saturated rings. The number of benzene rings is 1. The predicted octanol–water partition coefficient (Wildman–Crippen LogP) is 2.91. The van der Waals surface area contributed by atoms with E-state index in [1.54, 1.807) is 6.92 Å². The molecule has 2 aromatic rings. The van der Waals surface area contributed by atoms with Gasteiger partial charge in [-0.1, -0.05) is 30.3 Å². The minimum atomic E-state index is -0.244. The minimum absolute atomic E-state index is 0. The van der Waals surface area contributed by atoms with Crippen molar-refractivity contribution in [2.45, 2.75) is 20.3 Å². The molecule has 0 bridgehead atoms. The predicted molar refractivity (Wildman–Crippen MR) is 76.3 cm³/mol. The Bertz CT molecular complexity index is 538. The van der Waals surface area contributed by atoms with E-state index in [9.17, 15) is 4.79 Å². The fourth-order valence-corrected chi connectivity index (χ4v) is 1.75. The van der Waals surface area contributed by atoms with E-state index in [4.69, 9.17) is 4.74 Å². The van der Waals surface area contributed by atoms with Crippen LogP contribution in [0.5, 0.6) is 0 Å². The van der Waals surface area contributed by atoms with Crippen molar-refractivity contribution in [3.8, 4) is 11.4 Å². The van der Waals surface area contributed by atoms with Gasteiger partial charge in [0.1, 0.15) is 5.82 Å². The van der Waals surface area contributed by atoms with Crippen LogP contribution in [0.2, 0.25) is 0 Å². The lowest BCUT2D eigenvalue weighted by atomic mass is 10.2. The Labute approximate surface area is 118 Å². The van der Waals surface area contributed by atoms with Crippen molar-refractivity contribution in [2.24, 2.45) is 0 Å². The Hall–Kier alpha value is -1.81. The number of nitrogens with one attached hydrogen (secondary N) is 1. The van der Waals surface area contributed by atoms with Gasteiger partial charge in [0, 0.05) is 11.3 Å². The molecule has 1 N–H and O–H groups in total. The lowest BCUT2D eigenvalue weighted by Gasteiger charge is -1.99. The zero-order valence-electron chi connectivity index (χ0n) is 11.0. The molecule has 102 valence electrons. The van der Waals surface area contributed by atoms with Crippen molar-refractivity contribution in [3.63, 3.8) is 0 Å². The average molecular weight is 281 g/mol. The maximum Gasteiger partial charge on any atom is 0.311 e. The molecule has 0 aliphatic heterocycles. The van der Waals surface area contributed by atoms with E-state index >= 15 is 0 Å². The second kappa shape index (κ2) is 6.95. The number of hydrogen-bond acceptors (Lipinski definition) is 3. The van der Waals surface area contributed by atoms with E-state index in [1.807, 2.05) is 37.3 Å². The molecular weight excluding hydrogens is 264 g/mol. The molecule has 0 atom stereocenters. The highest BCUT2D eigenvalue weighted by Gasteiger charge is 2.12. The molecule has 19 heavy (non-hydrogen) atoms. The van der Waals surface area contributed by atoms with E-state index in [-0.39, 0.29) is 24.8 Å². The van der Waals surface area contributed by atoms with Gasteiger partial charge in [0.15, 0.2) is 0 Å². The summed E-state index contributed by atoms with van der Waals surface area (Å²) in [7, 11) is 0. The molecule has 0 saturated carbocycles. The van der Waals surface area contributed by atoms with E-state index in [0.717, 1.165) is 22.8 Å². The number of H-pyrrole nitrogens is 1. The molecule has 0 amide bonds. The number of ether oxygens (including phenoxy) is 1. The highest BCUT2D eigenvalue weighted by atomic mass is 35.5. The van der Waals surface area contributed by atoms with Gasteiger partial charge < -0.3 is 9.72 Å². The lowest BCUT2D eigenvalue weighted by molar-refractivity contribution is -0.142. The van der Waals surface area contributed by atoms with Crippen LogP contribution in [0, 0.1) is 6.92 Å². The molecule has 0 unspecified atom stereocenters. The Morgan fingerprint density at radius 2 is 2.00 bits per heavy atom. The summed E-state index contributed by atoms with van der Waals surface area (Å²) in [5.74, 6) is 0.541. The van der Waals surface area contributed by atoms with Crippen molar-refractivity contribution >= 4 is 18.4 Å². The third-order valence-electron chi connectivity index (χ3n) is 2.65. The molecule has 1 aromatic heterocycles. The summed E-state index contributed by atoms with van der Waals surface area (Å²) >= 11 is 0. The maximum absolute atomic E-state index is 11.4. The molecule has 0 aliphatic carbocycles. The van der Waals surface area contributed by atoms with Gasteiger partial charge in [0.2, 0.25) is 0 Å². The number of rotatable bonds is 4. The lowest BCUT2D eigenvalue weighted by Crippen LogP contribution is -2.08. The molecule has 0 saturated heterocycles. The van der Waals surface area contributed by atoms with Gasteiger partial charge in [-0.25, -0.2) is 4.98 Å². The fourth-order valence-electron chi connectivity index (χ4n) is 1.75. The number of hydrogen-bond donors (Lipinski definition) is 1. The van der Waals surface area contributed by atoms with Crippen LogP contribution in [-0.2, 0) is 16.0 Å². The average Bonchev–Trinajstić information content (AvgIpc) is 2.72. The van der Waals surface area contributed by atoms with Crippen molar-refractivity contribution in [1.29, 1.82) is 0 Å². The van der Waals surface area contributed by atoms with Crippen LogP contribution in [-0.4, -0.2) is 22.5 Å². The highest BCUT2D eigenvalue weighted by molar-refractivity contribution is 5.85. The van der Waals surface area contributed by atoms with Crippen LogP contribution in [0.1, 0.15) is 18.3 Å². The topological polar surface area (TPSA) is 55.0 Å². The van der Waals surface area contributed by atoms with Gasteiger partial charge >= 0.3 is 5.97 Å². The summed E-state index contributed by atoms with van der Waals surface area (Å²) < 4.78 is 4.92. The van der Waals surface area contributed by atoms with Crippen LogP contribution in [0.3, 0.4) is 0 Å². The molecule has 0 radical (unpaired) electrons. The van der Waals surface area contributed by atoms with Gasteiger partial charge in [-0.2, -0.15) is 0 Å². The van der Waals surface area contributed by atoms with Crippen LogP contribution in [0.25, 0.3) is 11.4 Å². The Morgan fingerprint density at radius 1 is 1.32 bits per heavy atom. The number of halogens is 1. The van der Waals surface area contributed by atoms with Gasteiger partial charge in [0.25, 0.3) is 0 Å². The number of carbonyl (C=O) groups is 1. The van der Waals surface area contributed by atoms with Gasteiger partial charge in [0.05, 0.1) is 18.7 Å². The monoisotopic (exact) mass is 280 g/mol. The standard InChI is InChI=1S/C14H16N2O2.ClH/c1-3-18-13(17)9-12-10(2)15-14(16-12)11-7-5-4-6-8-11;/h4-8H,3,9H2,1-2H3,(H,15,16);1H. The van der Waals surface area contributed by atoms with Crippen molar-refractivity contribution in [2.75, 3.05) is 6.61 Å². The quantitative estimate of drug-likeness (QED) is 0.876. The number of aryl methyl sites for hydroxylation is 1. The Kier molecular flexibility index (Phi) is 5.57. The van der Waals surface area contributed by atoms with Crippen molar-refractivity contribution < 1.29 is 9.53 Å². The minimum Gasteiger partial charge on any atom is -0.466 e. The summed E-state index contributed by atoms with van der Waals surface area (Å²) in [4.78, 5) is 19.1. The zero-order chi connectivity index (χ0) is 13.0. The van der Waals surface area contributed by atoms with E-state index < -0.39 is 0 Å². The first-order valence-corrected chi connectivity index (χ1v) is 5.97. The van der Waals surface area contributed by atoms with E-state index in [2.05, 4.69) is 9.97 Å². The SMILES string of the molecule is CCOC(=O)Cc1nc(-c2ccccc2)[nH]c1C.Cl. The number of carbonyl (C=O) groups excluding carboxylic acids is 1. The molecule has 0 spiro atoms. The van der Waals surface area contributed by atoms with E-state index in [0.29, 0.717) is 6.61 Å². The third kappa shape index (κ3) is 3.83. The second-order valence-electron chi connectivity index (χ2n) is 4.00. The maximum atomic E-state index is 11.4. The summed E-state index contributed by atoms with van der Waals surface area (Å²) in [6.07, 6.45) is 0.211. The summed E-state index contributed by atoms with van der Waals surface area (Å²) in [6, 6.07) is 9.83. The van der Waals surface area contributed by atoms with Gasteiger partial charge in [-0.15, -0.1) is 12.4 Å². The molecule has 5 heteroatoms. The fraction of sp³-hybridized carbons (Fsp3) is 0.286. The first-order chi connectivity index (χ1) is 8.70. The Morgan fingerprint density at radius 3 is 2.63 bits per heavy atom. The van der Waals surface area contributed by atoms with Gasteiger partial charge in [-0.3, -0.25) is 4.79 Å². The smallest absolute Gasteiger partial charge is 0.311 e. The molecule has 2 rings (SSSR count). The summed E-state index contributed by atoms with van der Waals surface area (Å²) in [6.45, 7) is 4.10. The number of imidazole rings is 1. The number of aromatic amines is 1. The van der Waals surface area contributed by atoms with Crippen LogP contribution < -0.4 is 0 Å². The van der Waals surface area contributed by atoms with Crippen LogP contribution in [0.4, 0.5) is 0 Å². The molecule has 1 heterocycles. The summed E-state index contributed by atoms with van der Waals surface area (Å²) in [5.41, 5.74) is 2.66. The largest absolute Gasteiger partial charge is 0.466 e. The summed E-state index contributed by atoms with van der Waals surface area (Å²) in [5, 5.41) is 0. The Balaban J connectivity index is 0.00000180. The zero-order valence-corrected chi connectivity index (χ0v) is 11.8. The number of nitrogens with zero attached hydrogens (tertiary/aromatic N) is 1. The van der Waals surface area contributed by atoms with Gasteiger partial charge in [-0.05, 0) is 13.8 Å². The highest BCUT2D eigenvalue weighted by Crippen LogP contribution is 2.17. The number of esters is 1. The molecule has 1 aromatic carbocycles. The van der Waals surface area contributed by atoms with Crippen molar-refractivity contribution in [1.82, 2.24) is 9.97 Å². The number of aromatic nitrogens is 2. The third-order valence-corrected chi connectivity index (χ3v) is 2.65. The molecule has 4 nitrogen and oxygen atoms in total.